The molecule has 0 bridgehead atoms. The Morgan fingerprint density at radius 1 is 1.41 bits per heavy atom. The van der Waals surface area contributed by atoms with Crippen LogP contribution in [0.2, 0.25) is 0 Å². The summed E-state index contributed by atoms with van der Waals surface area (Å²) in [4.78, 5) is 11.9. The summed E-state index contributed by atoms with van der Waals surface area (Å²) in [6, 6.07) is -0.179. The highest BCUT2D eigenvalue weighted by molar-refractivity contribution is 5.81. The first-order valence-corrected chi connectivity index (χ1v) is 6.39. The van der Waals surface area contributed by atoms with Crippen molar-refractivity contribution >= 4 is 5.91 Å². The monoisotopic (exact) mass is 242 g/mol. The molecule has 0 heterocycles. The number of ether oxygens (including phenoxy) is 1. The number of carbonyl (C=O) groups is 1. The third-order valence-corrected chi connectivity index (χ3v) is 3.32. The van der Waals surface area contributed by atoms with Gasteiger partial charge >= 0.3 is 0 Å². The molecule has 0 radical (unpaired) electrons. The summed E-state index contributed by atoms with van der Waals surface area (Å²) in [5, 5.41) is 6.23. The predicted molar refractivity (Wildman–Crippen MR) is 69.0 cm³/mol. The lowest BCUT2D eigenvalue weighted by molar-refractivity contribution is -0.125. The SMILES string of the molecule is COC1(CNC(C)C(=O)NC(C)(C)C)CCC1. The smallest absolute Gasteiger partial charge is 0.237 e. The average Bonchev–Trinajstić information content (AvgIpc) is 2.13. The molecule has 0 aliphatic heterocycles. The van der Waals surface area contributed by atoms with Gasteiger partial charge in [-0.25, -0.2) is 0 Å². The van der Waals surface area contributed by atoms with Gasteiger partial charge in [-0.15, -0.1) is 0 Å². The predicted octanol–water partition coefficient (Wildman–Crippen LogP) is 1.45. The van der Waals surface area contributed by atoms with Gasteiger partial charge in [0.1, 0.15) is 0 Å². The summed E-state index contributed by atoms with van der Waals surface area (Å²) in [6.07, 6.45) is 3.40. The Bertz CT molecular complexity index is 262. The maximum Gasteiger partial charge on any atom is 0.237 e. The fourth-order valence-electron chi connectivity index (χ4n) is 1.93. The van der Waals surface area contributed by atoms with Gasteiger partial charge in [-0.05, 0) is 47.0 Å². The summed E-state index contributed by atoms with van der Waals surface area (Å²) in [6.45, 7) is 8.60. The van der Waals surface area contributed by atoms with Crippen LogP contribution in [-0.2, 0) is 9.53 Å². The normalized spacial score (nSPS) is 20.5. The van der Waals surface area contributed by atoms with E-state index in [9.17, 15) is 4.79 Å². The molecule has 0 spiro atoms. The molecule has 1 atom stereocenters. The molecule has 1 unspecified atom stereocenters. The minimum Gasteiger partial charge on any atom is -0.377 e. The second-order valence-corrected chi connectivity index (χ2v) is 6.08. The van der Waals surface area contributed by atoms with Crippen LogP contribution in [0.3, 0.4) is 0 Å². The zero-order valence-corrected chi connectivity index (χ0v) is 11.7. The van der Waals surface area contributed by atoms with E-state index in [0.717, 1.165) is 19.4 Å². The van der Waals surface area contributed by atoms with Gasteiger partial charge in [-0.3, -0.25) is 4.79 Å². The van der Waals surface area contributed by atoms with Crippen molar-refractivity contribution in [2.24, 2.45) is 0 Å². The molecule has 0 aromatic carbocycles. The third kappa shape index (κ3) is 4.28. The Kier molecular flexibility index (Phi) is 4.55. The van der Waals surface area contributed by atoms with Gasteiger partial charge in [-0.1, -0.05) is 0 Å². The van der Waals surface area contributed by atoms with E-state index in [2.05, 4.69) is 10.6 Å². The number of amides is 1. The van der Waals surface area contributed by atoms with Crippen molar-refractivity contribution < 1.29 is 9.53 Å². The van der Waals surface area contributed by atoms with Crippen molar-refractivity contribution in [2.45, 2.75) is 64.1 Å². The number of methoxy groups -OCH3 is 1. The third-order valence-electron chi connectivity index (χ3n) is 3.32. The zero-order valence-electron chi connectivity index (χ0n) is 11.7. The lowest BCUT2D eigenvalue weighted by Gasteiger charge is -2.41. The highest BCUT2D eigenvalue weighted by Gasteiger charge is 2.37. The van der Waals surface area contributed by atoms with Gasteiger partial charge < -0.3 is 15.4 Å². The number of nitrogens with one attached hydrogen (secondary N) is 2. The van der Waals surface area contributed by atoms with Crippen LogP contribution in [0.4, 0.5) is 0 Å². The molecule has 0 aromatic rings. The first kappa shape index (κ1) is 14.5. The van der Waals surface area contributed by atoms with Crippen molar-refractivity contribution in [3.63, 3.8) is 0 Å². The van der Waals surface area contributed by atoms with Gasteiger partial charge in [0.25, 0.3) is 0 Å². The van der Waals surface area contributed by atoms with Gasteiger partial charge in [0.05, 0.1) is 11.6 Å². The van der Waals surface area contributed by atoms with Gasteiger partial charge in [0, 0.05) is 19.2 Å². The van der Waals surface area contributed by atoms with Crippen molar-refractivity contribution in [1.29, 1.82) is 0 Å². The molecule has 4 nitrogen and oxygen atoms in total. The van der Waals surface area contributed by atoms with Gasteiger partial charge in [0.2, 0.25) is 5.91 Å². The second-order valence-electron chi connectivity index (χ2n) is 6.08. The lowest BCUT2D eigenvalue weighted by atomic mass is 9.80. The molecule has 1 amide bonds. The minimum absolute atomic E-state index is 0.0315. The van der Waals surface area contributed by atoms with Crippen LogP contribution in [0, 0.1) is 0 Å². The number of carbonyl (C=O) groups excluding carboxylic acids is 1. The highest BCUT2D eigenvalue weighted by atomic mass is 16.5. The standard InChI is InChI=1S/C13H26N2O2/c1-10(11(16)15-12(2,3)4)14-9-13(17-5)7-6-8-13/h10,14H,6-9H2,1-5H3,(H,15,16). The number of hydrogen-bond acceptors (Lipinski definition) is 3. The molecule has 0 saturated heterocycles. The quantitative estimate of drug-likeness (QED) is 0.767. The molecule has 1 aliphatic rings. The molecular formula is C13H26N2O2. The Morgan fingerprint density at radius 2 is 2.00 bits per heavy atom. The molecule has 1 fully saturated rings. The van der Waals surface area contributed by atoms with E-state index in [1.165, 1.54) is 6.42 Å². The highest BCUT2D eigenvalue weighted by Crippen LogP contribution is 2.34. The van der Waals surface area contributed by atoms with Crippen LogP contribution in [-0.4, -0.2) is 36.7 Å². The molecule has 1 rings (SSSR count). The largest absolute Gasteiger partial charge is 0.377 e. The zero-order chi connectivity index (χ0) is 13.1. The molecule has 17 heavy (non-hydrogen) atoms. The number of rotatable bonds is 5. The maximum atomic E-state index is 11.9. The molecular weight excluding hydrogens is 216 g/mol. The van der Waals surface area contributed by atoms with Crippen LogP contribution in [0.5, 0.6) is 0 Å². The maximum absolute atomic E-state index is 11.9. The molecule has 4 heteroatoms. The van der Waals surface area contributed by atoms with Crippen molar-refractivity contribution in [2.75, 3.05) is 13.7 Å². The average molecular weight is 242 g/mol. The molecule has 0 aromatic heterocycles. The van der Waals surface area contributed by atoms with E-state index >= 15 is 0 Å². The van der Waals surface area contributed by atoms with Crippen LogP contribution >= 0.6 is 0 Å². The molecule has 1 aliphatic carbocycles. The van der Waals surface area contributed by atoms with E-state index in [1.54, 1.807) is 7.11 Å². The Hall–Kier alpha value is -0.610. The van der Waals surface area contributed by atoms with E-state index in [1.807, 2.05) is 27.7 Å². The molecule has 1 saturated carbocycles. The minimum atomic E-state index is -0.179. The van der Waals surface area contributed by atoms with E-state index < -0.39 is 0 Å². The van der Waals surface area contributed by atoms with E-state index in [4.69, 9.17) is 4.74 Å². The van der Waals surface area contributed by atoms with Crippen LogP contribution in [0.1, 0.15) is 47.0 Å². The second kappa shape index (κ2) is 5.36. The lowest BCUT2D eigenvalue weighted by Crippen LogP contribution is -2.55. The van der Waals surface area contributed by atoms with Crippen molar-refractivity contribution in [3.8, 4) is 0 Å². The fourth-order valence-corrected chi connectivity index (χ4v) is 1.93. The topological polar surface area (TPSA) is 50.4 Å². The van der Waals surface area contributed by atoms with Crippen LogP contribution in [0.15, 0.2) is 0 Å². The van der Waals surface area contributed by atoms with E-state index in [0.29, 0.717) is 0 Å². The first-order chi connectivity index (χ1) is 7.78. The summed E-state index contributed by atoms with van der Waals surface area (Å²) < 4.78 is 5.51. The number of hydrogen-bond donors (Lipinski definition) is 2. The fraction of sp³-hybridized carbons (Fsp3) is 0.923. The summed E-state index contributed by atoms with van der Waals surface area (Å²) in [5.74, 6) is 0.0445. The first-order valence-electron chi connectivity index (χ1n) is 6.39. The van der Waals surface area contributed by atoms with Gasteiger partial charge in [-0.2, -0.15) is 0 Å². The van der Waals surface area contributed by atoms with E-state index in [-0.39, 0.29) is 23.1 Å². The summed E-state index contributed by atoms with van der Waals surface area (Å²) in [5.41, 5.74) is -0.210. The summed E-state index contributed by atoms with van der Waals surface area (Å²) in [7, 11) is 1.75. The molecule has 100 valence electrons. The summed E-state index contributed by atoms with van der Waals surface area (Å²) >= 11 is 0. The van der Waals surface area contributed by atoms with Crippen LogP contribution < -0.4 is 10.6 Å². The van der Waals surface area contributed by atoms with Gasteiger partial charge in [0.15, 0.2) is 0 Å². The van der Waals surface area contributed by atoms with Crippen molar-refractivity contribution in [3.05, 3.63) is 0 Å². The van der Waals surface area contributed by atoms with Crippen LogP contribution in [0.25, 0.3) is 0 Å². The Labute approximate surface area is 104 Å². The Balaban J connectivity index is 2.34. The van der Waals surface area contributed by atoms with Crippen molar-refractivity contribution in [1.82, 2.24) is 10.6 Å². The Morgan fingerprint density at radius 3 is 2.35 bits per heavy atom. The molecule has 2 N–H and O–H groups in total.